The first-order valence-corrected chi connectivity index (χ1v) is 14.7. The lowest BCUT2D eigenvalue weighted by molar-refractivity contribution is -0.113. The molecule has 200 valence electrons. The summed E-state index contributed by atoms with van der Waals surface area (Å²) in [5.41, 5.74) is 0.958. The predicted molar refractivity (Wildman–Crippen MR) is 141 cm³/mol. The van der Waals surface area contributed by atoms with Crippen LogP contribution in [0.15, 0.2) is 5.16 Å². The molecular formula is C26H34N4O5S2. The highest BCUT2D eigenvalue weighted by Gasteiger charge is 2.51. The molecule has 2 heterocycles. The molecule has 4 aliphatic carbocycles. The van der Waals surface area contributed by atoms with Gasteiger partial charge < -0.3 is 19.4 Å². The van der Waals surface area contributed by atoms with E-state index in [1.165, 1.54) is 64.5 Å². The molecule has 1 amide bonds. The van der Waals surface area contributed by atoms with E-state index in [2.05, 4.69) is 27.0 Å². The Bertz CT molecular complexity index is 1180. The molecule has 2 aromatic rings. The van der Waals surface area contributed by atoms with Crippen LogP contribution in [0.1, 0.15) is 76.9 Å². The summed E-state index contributed by atoms with van der Waals surface area (Å²) in [6.45, 7) is 4.47. The number of thiophene rings is 1. The summed E-state index contributed by atoms with van der Waals surface area (Å²) in [4.78, 5) is 37.6. The number of carbonyl (C=O) groups excluding carboxylic acids is 3. The maximum Gasteiger partial charge on any atom is 0.348 e. The number of methoxy groups -OCH3 is 2. The van der Waals surface area contributed by atoms with E-state index in [1.54, 1.807) is 6.92 Å². The van der Waals surface area contributed by atoms with Gasteiger partial charge in [0.2, 0.25) is 5.91 Å². The van der Waals surface area contributed by atoms with E-state index in [-0.39, 0.29) is 27.1 Å². The fraction of sp³-hybridized carbons (Fsp3) is 0.654. The first kappa shape index (κ1) is 26.2. The van der Waals surface area contributed by atoms with Gasteiger partial charge in [0.25, 0.3) is 0 Å². The lowest BCUT2D eigenvalue weighted by atomic mass is 9.49. The van der Waals surface area contributed by atoms with Crippen molar-refractivity contribution in [1.29, 1.82) is 0 Å². The third kappa shape index (κ3) is 5.04. The summed E-state index contributed by atoms with van der Waals surface area (Å²) in [6, 6.07) is 0. The Labute approximate surface area is 225 Å². The van der Waals surface area contributed by atoms with Gasteiger partial charge >= 0.3 is 11.9 Å². The van der Waals surface area contributed by atoms with Crippen molar-refractivity contribution in [3.05, 3.63) is 21.8 Å². The van der Waals surface area contributed by atoms with Crippen LogP contribution in [0.25, 0.3) is 0 Å². The first-order valence-electron chi connectivity index (χ1n) is 12.9. The predicted octanol–water partition coefficient (Wildman–Crippen LogP) is 4.73. The standard InChI is InChI=1S/C26H34N4O5S2/c1-5-30-18(12-26-9-15-6-16(10-26)8-17(7-15)11-26)28-29-25(30)36-13-19(31)27-22-20(23(32)34-3)14(2)21(37-22)24(33)35-4/h15-17H,5-13H2,1-4H3,(H,27,31). The number of amides is 1. The lowest BCUT2D eigenvalue weighted by Gasteiger charge is -2.56. The van der Waals surface area contributed by atoms with Crippen LogP contribution < -0.4 is 5.32 Å². The number of carbonyl (C=O) groups is 3. The van der Waals surface area contributed by atoms with E-state index in [4.69, 9.17) is 9.47 Å². The number of aromatic nitrogens is 3. The minimum absolute atomic E-state index is 0.0978. The Kier molecular flexibility index (Phi) is 7.37. The topological polar surface area (TPSA) is 112 Å². The van der Waals surface area contributed by atoms with Gasteiger partial charge in [0, 0.05) is 13.0 Å². The van der Waals surface area contributed by atoms with E-state index in [0.29, 0.717) is 11.0 Å². The fourth-order valence-corrected chi connectivity index (χ4v) is 9.20. The van der Waals surface area contributed by atoms with Crippen LogP contribution in [-0.4, -0.2) is 52.6 Å². The number of esters is 2. The molecule has 0 saturated heterocycles. The van der Waals surface area contributed by atoms with Gasteiger partial charge in [-0.05, 0) is 81.1 Å². The number of rotatable bonds is 9. The minimum Gasteiger partial charge on any atom is -0.465 e. The second kappa shape index (κ2) is 10.4. The monoisotopic (exact) mass is 546 g/mol. The molecule has 4 saturated carbocycles. The van der Waals surface area contributed by atoms with Crippen LogP contribution in [0.4, 0.5) is 5.00 Å². The van der Waals surface area contributed by atoms with Crippen molar-refractivity contribution >= 4 is 45.9 Å². The van der Waals surface area contributed by atoms with Crippen LogP contribution in [0.3, 0.4) is 0 Å². The van der Waals surface area contributed by atoms with Crippen LogP contribution >= 0.6 is 23.1 Å². The van der Waals surface area contributed by atoms with Crippen molar-refractivity contribution in [3.8, 4) is 0 Å². The average molecular weight is 547 g/mol. The van der Waals surface area contributed by atoms with Gasteiger partial charge in [0.05, 0.1) is 25.5 Å². The second-order valence-electron chi connectivity index (χ2n) is 10.8. The molecular weight excluding hydrogens is 512 g/mol. The molecule has 0 spiro atoms. The van der Waals surface area contributed by atoms with Gasteiger partial charge in [0.1, 0.15) is 15.7 Å². The summed E-state index contributed by atoms with van der Waals surface area (Å²) >= 11 is 2.33. The molecule has 37 heavy (non-hydrogen) atoms. The Morgan fingerprint density at radius 1 is 1.05 bits per heavy atom. The number of hydrogen-bond acceptors (Lipinski definition) is 9. The van der Waals surface area contributed by atoms with Gasteiger partial charge in [-0.3, -0.25) is 4.79 Å². The molecule has 4 fully saturated rings. The molecule has 2 aromatic heterocycles. The first-order chi connectivity index (χ1) is 17.8. The Hall–Kier alpha value is -2.40. The maximum atomic E-state index is 12.9. The lowest BCUT2D eigenvalue weighted by Crippen LogP contribution is -2.47. The zero-order valence-electron chi connectivity index (χ0n) is 21.8. The van der Waals surface area contributed by atoms with Gasteiger partial charge in [-0.1, -0.05) is 11.8 Å². The highest BCUT2D eigenvalue weighted by atomic mass is 32.2. The molecule has 11 heteroatoms. The summed E-state index contributed by atoms with van der Waals surface area (Å²) in [5, 5.41) is 12.8. The zero-order valence-corrected chi connectivity index (χ0v) is 23.4. The fourth-order valence-electron chi connectivity index (χ4n) is 7.25. The van der Waals surface area contributed by atoms with E-state index in [1.807, 2.05) is 0 Å². The molecule has 9 nitrogen and oxygen atoms in total. The van der Waals surface area contributed by atoms with Crippen molar-refractivity contribution in [2.75, 3.05) is 25.3 Å². The molecule has 1 N–H and O–H groups in total. The molecule has 4 aliphatic rings. The Morgan fingerprint density at radius 2 is 1.68 bits per heavy atom. The zero-order chi connectivity index (χ0) is 26.3. The highest BCUT2D eigenvalue weighted by Crippen LogP contribution is 2.61. The number of anilines is 1. The number of thioether (sulfide) groups is 1. The molecule has 4 bridgehead atoms. The van der Waals surface area contributed by atoms with Crippen LogP contribution in [-0.2, 0) is 27.2 Å². The molecule has 0 atom stereocenters. The Balaban J connectivity index is 1.26. The maximum absolute atomic E-state index is 12.9. The minimum atomic E-state index is -0.619. The van der Waals surface area contributed by atoms with Crippen molar-refractivity contribution in [1.82, 2.24) is 14.8 Å². The van der Waals surface area contributed by atoms with E-state index in [0.717, 1.165) is 53.0 Å². The molecule has 0 aromatic carbocycles. The van der Waals surface area contributed by atoms with Crippen molar-refractivity contribution in [2.45, 2.75) is 70.5 Å². The molecule has 0 aliphatic heterocycles. The smallest absolute Gasteiger partial charge is 0.348 e. The van der Waals surface area contributed by atoms with Crippen molar-refractivity contribution < 1.29 is 23.9 Å². The number of nitrogens with zero attached hydrogens (tertiary/aromatic N) is 3. The Morgan fingerprint density at radius 3 is 2.24 bits per heavy atom. The molecule has 0 unspecified atom stereocenters. The second-order valence-corrected chi connectivity index (χ2v) is 12.8. The summed E-state index contributed by atoms with van der Waals surface area (Å²) in [5.74, 6) is 2.29. The van der Waals surface area contributed by atoms with Crippen LogP contribution in [0.2, 0.25) is 0 Å². The van der Waals surface area contributed by atoms with E-state index in [9.17, 15) is 14.4 Å². The number of nitrogens with one attached hydrogen (secondary N) is 1. The van der Waals surface area contributed by atoms with Gasteiger partial charge in [-0.2, -0.15) is 0 Å². The molecule has 6 rings (SSSR count). The highest BCUT2D eigenvalue weighted by molar-refractivity contribution is 7.99. The average Bonchev–Trinajstić information content (AvgIpc) is 3.39. The largest absolute Gasteiger partial charge is 0.465 e. The molecule has 0 radical (unpaired) electrons. The summed E-state index contributed by atoms with van der Waals surface area (Å²) in [7, 11) is 2.53. The van der Waals surface area contributed by atoms with Crippen LogP contribution in [0.5, 0.6) is 0 Å². The number of hydrogen-bond donors (Lipinski definition) is 1. The number of ether oxygens (including phenoxy) is 2. The van der Waals surface area contributed by atoms with Crippen molar-refractivity contribution in [2.24, 2.45) is 23.2 Å². The third-order valence-electron chi connectivity index (χ3n) is 8.30. The van der Waals surface area contributed by atoms with Gasteiger partial charge in [-0.25, -0.2) is 9.59 Å². The normalized spacial score (nSPS) is 25.8. The summed E-state index contributed by atoms with van der Waals surface area (Å²) < 4.78 is 11.8. The van der Waals surface area contributed by atoms with Gasteiger partial charge in [0.15, 0.2) is 5.16 Å². The SMILES string of the molecule is CCn1c(CC23CC4CC(CC(C4)C2)C3)nnc1SCC(=O)Nc1sc(C(=O)OC)c(C)c1C(=O)OC. The van der Waals surface area contributed by atoms with Crippen LogP contribution in [0, 0.1) is 30.1 Å². The van der Waals surface area contributed by atoms with Gasteiger partial charge in [-0.15, -0.1) is 21.5 Å². The summed E-state index contributed by atoms with van der Waals surface area (Å²) in [6.07, 6.45) is 9.16. The van der Waals surface area contributed by atoms with Crippen molar-refractivity contribution in [3.63, 3.8) is 0 Å². The quantitative estimate of drug-likeness (QED) is 0.355. The van der Waals surface area contributed by atoms with E-state index < -0.39 is 11.9 Å². The third-order valence-corrected chi connectivity index (χ3v) is 10.5. The van der Waals surface area contributed by atoms with E-state index >= 15 is 0 Å².